The molecule has 0 radical (unpaired) electrons. The largest absolute Gasteiger partial charge is 0.435 e. The lowest BCUT2D eigenvalue weighted by atomic mass is 10.0. The number of benzene rings is 3. The zero-order chi connectivity index (χ0) is 29.6. The highest BCUT2D eigenvalue weighted by molar-refractivity contribution is 6.36. The third-order valence-electron chi connectivity index (χ3n) is 6.11. The highest BCUT2D eigenvalue weighted by Crippen LogP contribution is 2.31. The van der Waals surface area contributed by atoms with Gasteiger partial charge in [-0.25, -0.2) is 9.59 Å². The number of hydrogen-bond acceptors (Lipinski definition) is 7. The van der Waals surface area contributed by atoms with Crippen molar-refractivity contribution in [1.29, 1.82) is 0 Å². The molecule has 0 fully saturated rings. The predicted octanol–water partition coefficient (Wildman–Crippen LogP) is 7.69. The van der Waals surface area contributed by atoms with E-state index < -0.39 is 24.4 Å². The quantitative estimate of drug-likeness (QED) is 0.159. The number of nitrogens with zero attached hydrogens (tertiary/aromatic N) is 1. The molecule has 0 aliphatic rings. The molecule has 2 atom stereocenters. The zero-order valence-electron chi connectivity index (χ0n) is 22.6. The van der Waals surface area contributed by atoms with Crippen LogP contribution in [0.5, 0.6) is 0 Å². The van der Waals surface area contributed by atoms with E-state index in [9.17, 15) is 9.59 Å². The van der Waals surface area contributed by atoms with Crippen LogP contribution in [0.3, 0.4) is 0 Å². The number of esters is 2. The maximum absolute atomic E-state index is 13.3. The molecule has 0 aliphatic heterocycles. The van der Waals surface area contributed by atoms with Crippen molar-refractivity contribution in [1.82, 2.24) is 0 Å². The smallest absolute Gasteiger partial charge is 0.341 e. The Morgan fingerprint density at radius 1 is 0.675 bits per heavy atom. The van der Waals surface area contributed by atoms with E-state index in [-0.39, 0.29) is 34.4 Å². The Bertz CT molecular complexity index is 1310. The van der Waals surface area contributed by atoms with Crippen LogP contribution in [0.4, 0.5) is 5.69 Å². The van der Waals surface area contributed by atoms with E-state index in [0.717, 1.165) is 16.7 Å². The molecule has 0 aromatic heterocycles. The van der Waals surface area contributed by atoms with Crippen LogP contribution in [0.1, 0.15) is 37.4 Å². The van der Waals surface area contributed by atoms with Gasteiger partial charge in [0.2, 0.25) is 12.5 Å². The minimum atomic E-state index is -1.09. The first-order chi connectivity index (χ1) is 19.0. The number of anilines is 1. The molecule has 0 amide bonds. The van der Waals surface area contributed by atoms with Crippen molar-refractivity contribution >= 4 is 64.0 Å². The number of aryl methyl sites for hydroxylation is 3. The molecular weight excluding hydrogens is 600 g/mol. The monoisotopic (exact) mass is 627 g/mol. The second kappa shape index (κ2) is 14.4. The summed E-state index contributed by atoms with van der Waals surface area (Å²) >= 11 is 24.8. The van der Waals surface area contributed by atoms with Crippen molar-refractivity contribution < 1.29 is 28.5 Å². The highest BCUT2D eigenvalue weighted by atomic mass is 35.5. The van der Waals surface area contributed by atoms with Gasteiger partial charge in [0.05, 0.1) is 21.2 Å². The van der Waals surface area contributed by atoms with E-state index in [4.69, 9.17) is 65.4 Å². The summed E-state index contributed by atoms with van der Waals surface area (Å²) in [4.78, 5) is 28.3. The van der Waals surface area contributed by atoms with Gasteiger partial charge >= 0.3 is 11.9 Å². The van der Waals surface area contributed by atoms with Gasteiger partial charge in [-0.3, -0.25) is 4.90 Å². The fourth-order valence-corrected chi connectivity index (χ4v) is 4.76. The number of halogens is 4. The summed E-state index contributed by atoms with van der Waals surface area (Å²) in [7, 11) is 2.92. The first-order valence-electron chi connectivity index (χ1n) is 12.1. The van der Waals surface area contributed by atoms with Gasteiger partial charge in [0.1, 0.15) is 13.2 Å². The predicted molar refractivity (Wildman–Crippen MR) is 158 cm³/mol. The minimum Gasteiger partial charge on any atom is -0.435 e. The molecule has 0 saturated heterocycles. The van der Waals surface area contributed by atoms with Gasteiger partial charge in [0.15, 0.2) is 0 Å². The Morgan fingerprint density at radius 2 is 1.10 bits per heavy atom. The molecule has 0 aliphatic carbocycles. The second-order valence-corrected chi connectivity index (χ2v) is 10.7. The van der Waals surface area contributed by atoms with E-state index in [2.05, 4.69) is 0 Å². The fourth-order valence-electron chi connectivity index (χ4n) is 4.03. The lowest BCUT2D eigenvalue weighted by Crippen LogP contribution is -2.52. The van der Waals surface area contributed by atoms with Gasteiger partial charge in [-0.1, -0.05) is 52.5 Å². The van der Waals surface area contributed by atoms with Crippen LogP contribution < -0.4 is 4.90 Å². The summed E-state index contributed by atoms with van der Waals surface area (Å²) in [5.74, 6) is -1.50. The summed E-state index contributed by atoms with van der Waals surface area (Å²) < 4.78 is 22.8. The molecule has 11 heteroatoms. The average molecular weight is 629 g/mol. The molecule has 2 unspecified atom stereocenters. The van der Waals surface area contributed by atoms with Crippen LogP contribution in [0.25, 0.3) is 0 Å². The number of rotatable bonds is 11. The van der Waals surface area contributed by atoms with E-state index in [1.54, 1.807) is 17.0 Å². The van der Waals surface area contributed by atoms with Crippen LogP contribution in [-0.4, -0.2) is 51.8 Å². The molecule has 0 N–H and O–H groups in total. The lowest BCUT2D eigenvalue weighted by molar-refractivity contribution is -0.0342. The Labute approximate surface area is 253 Å². The third kappa shape index (κ3) is 7.81. The van der Waals surface area contributed by atoms with E-state index >= 15 is 0 Å². The molecular formula is C29H29Cl4NO6. The standard InChI is InChI=1S/C29H29Cl4NO6/c1-16-10-18(3)25(11-17(16)2)34(26(14-37-4)39-28(35)21-12-19(30)6-8-23(21)32)27(15-38-5)40-29(36)22-13-20(31)7-9-24(22)33/h6-13,26-27H,14-15H2,1-5H3. The van der Waals surface area contributed by atoms with Crippen molar-refractivity contribution in [3.8, 4) is 0 Å². The molecule has 3 rings (SSSR count). The Balaban J connectivity index is 2.12. The normalized spacial score (nSPS) is 12.5. The molecule has 0 saturated carbocycles. The molecule has 0 spiro atoms. The fraction of sp³-hybridized carbons (Fsp3) is 0.310. The highest BCUT2D eigenvalue weighted by Gasteiger charge is 2.35. The van der Waals surface area contributed by atoms with Gasteiger partial charge in [-0.2, -0.15) is 0 Å². The number of carbonyl (C=O) groups excluding carboxylic acids is 2. The van der Waals surface area contributed by atoms with Crippen LogP contribution >= 0.6 is 46.4 Å². The number of methoxy groups -OCH3 is 2. The first-order valence-corrected chi connectivity index (χ1v) is 13.6. The summed E-state index contributed by atoms with van der Waals surface area (Å²) in [5.41, 5.74) is 3.61. The topological polar surface area (TPSA) is 74.3 Å². The summed E-state index contributed by atoms with van der Waals surface area (Å²) in [6.07, 6.45) is -2.17. The van der Waals surface area contributed by atoms with Crippen molar-refractivity contribution in [2.75, 3.05) is 32.3 Å². The third-order valence-corrected chi connectivity index (χ3v) is 7.24. The molecule has 0 heterocycles. The molecule has 3 aromatic rings. The Morgan fingerprint density at radius 3 is 1.52 bits per heavy atom. The Kier molecular flexibility index (Phi) is 11.5. The number of ether oxygens (including phenoxy) is 4. The molecule has 214 valence electrons. The van der Waals surface area contributed by atoms with Crippen LogP contribution in [0.15, 0.2) is 48.5 Å². The minimum absolute atomic E-state index is 0.0676. The summed E-state index contributed by atoms with van der Waals surface area (Å²) in [6, 6.07) is 12.8. The van der Waals surface area contributed by atoms with Crippen molar-refractivity contribution in [3.05, 3.63) is 96.4 Å². The molecule has 3 aromatic carbocycles. The number of hydrogen-bond donors (Lipinski definition) is 0. The molecule has 7 nitrogen and oxygen atoms in total. The van der Waals surface area contributed by atoms with Crippen molar-refractivity contribution in [3.63, 3.8) is 0 Å². The number of carbonyl (C=O) groups is 2. The summed E-state index contributed by atoms with van der Waals surface area (Å²) in [6.45, 7) is 5.65. The van der Waals surface area contributed by atoms with Gasteiger partial charge in [0.25, 0.3) is 0 Å². The van der Waals surface area contributed by atoms with Gasteiger partial charge < -0.3 is 18.9 Å². The maximum atomic E-state index is 13.3. The second-order valence-electron chi connectivity index (χ2n) is 9.01. The molecule has 40 heavy (non-hydrogen) atoms. The van der Waals surface area contributed by atoms with Gasteiger partial charge in [-0.15, -0.1) is 0 Å². The van der Waals surface area contributed by atoms with Crippen LogP contribution in [0, 0.1) is 20.8 Å². The first kappa shape index (κ1) is 32.0. The Hall–Kier alpha value is -2.52. The van der Waals surface area contributed by atoms with Gasteiger partial charge in [0, 0.05) is 30.0 Å². The van der Waals surface area contributed by atoms with E-state index in [0.29, 0.717) is 15.7 Å². The average Bonchev–Trinajstić information content (AvgIpc) is 2.90. The van der Waals surface area contributed by atoms with Crippen molar-refractivity contribution in [2.24, 2.45) is 0 Å². The van der Waals surface area contributed by atoms with E-state index in [1.165, 1.54) is 38.5 Å². The van der Waals surface area contributed by atoms with E-state index in [1.807, 2.05) is 32.9 Å². The van der Waals surface area contributed by atoms with Crippen LogP contribution in [-0.2, 0) is 18.9 Å². The van der Waals surface area contributed by atoms with Crippen LogP contribution in [0.2, 0.25) is 20.1 Å². The van der Waals surface area contributed by atoms with Crippen molar-refractivity contribution in [2.45, 2.75) is 33.2 Å². The maximum Gasteiger partial charge on any atom is 0.341 e. The lowest BCUT2D eigenvalue weighted by Gasteiger charge is -2.39. The summed E-state index contributed by atoms with van der Waals surface area (Å²) in [5, 5.41) is 0.946. The van der Waals surface area contributed by atoms with Gasteiger partial charge in [-0.05, 0) is 79.9 Å². The zero-order valence-corrected chi connectivity index (χ0v) is 25.6. The SMILES string of the molecule is COCC(OC(=O)c1cc(Cl)ccc1Cl)N(c1cc(C)c(C)cc1C)C(COC)OC(=O)c1cc(Cl)ccc1Cl. The molecule has 0 bridgehead atoms.